The molecular weight excluding hydrogens is 644 g/mol. The van der Waals surface area contributed by atoms with Crippen LogP contribution in [-0.4, -0.2) is 36.7 Å². The molecule has 0 N–H and O–H groups in total. The van der Waals surface area contributed by atoms with E-state index >= 15 is 0 Å². The van der Waals surface area contributed by atoms with Gasteiger partial charge in [-0.2, -0.15) is 0 Å². The molecule has 4 aliphatic carbocycles. The second-order valence-electron chi connectivity index (χ2n) is 10.7. The average Bonchev–Trinajstić information content (AvgIpc) is 2.95. The minimum Gasteiger partial charge on any atom is -0.463 e. The fourth-order valence-corrected chi connectivity index (χ4v) is 11.9. The van der Waals surface area contributed by atoms with Gasteiger partial charge in [-0.15, -0.1) is 0 Å². The Morgan fingerprint density at radius 3 is 2.23 bits per heavy atom. The number of halogens is 4. The van der Waals surface area contributed by atoms with Gasteiger partial charge in [-0.25, -0.2) is 0 Å². The molecule has 0 aliphatic heterocycles. The molecular formula is C23H32Br4O3. The van der Waals surface area contributed by atoms with Crippen molar-refractivity contribution in [1.29, 1.82) is 0 Å². The van der Waals surface area contributed by atoms with Crippen LogP contribution < -0.4 is 0 Å². The molecule has 4 fully saturated rings. The number of Topliss-reactive ketones (excluding diaryl/α,β-unsaturated/α-hetero) is 1. The molecule has 9 unspecified atom stereocenters. The van der Waals surface area contributed by atoms with Crippen molar-refractivity contribution in [3.05, 3.63) is 0 Å². The number of ether oxygens (including phenoxy) is 1. The van der Waals surface area contributed by atoms with E-state index in [1.165, 1.54) is 13.3 Å². The number of esters is 1. The predicted octanol–water partition coefficient (Wildman–Crippen LogP) is 6.95. The molecule has 30 heavy (non-hydrogen) atoms. The van der Waals surface area contributed by atoms with E-state index < -0.39 is 4.32 Å². The van der Waals surface area contributed by atoms with Gasteiger partial charge >= 0.3 is 5.97 Å². The fourth-order valence-electron chi connectivity index (χ4n) is 8.03. The Morgan fingerprint density at radius 2 is 1.60 bits per heavy atom. The lowest BCUT2D eigenvalue weighted by Gasteiger charge is -2.66. The molecule has 0 saturated heterocycles. The number of rotatable bonds is 3. The summed E-state index contributed by atoms with van der Waals surface area (Å²) in [6.45, 7) is 6.36. The number of carbonyl (C=O) groups is 2. The van der Waals surface area contributed by atoms with Crippen LogP contribution in [0.25, 0.3) is 0 Å². The van der Waals surface area contributed by atoms with Crippen LogP contribution in [0.3, 0.4) is 0 Å². The fraction of sp³-hybridized carbons (Fsp3) is 0.913. The Bertz CT molecular complexity index is 746. The highest BCUT2D eigenvalue weighted by Crippen LogP contribution is 2.72. The summed E-state index contributed by atoms with van der Waals surface area (Å²) in [5.41, 5.74) is 0.169. The second kappa shape index (κ2) is 8.08. The third-order valence-corrected chi connectivity index (χ3v) is 15.5. The van der Waals surface area contributed by atoms with Gasteiger partial charge in [-0.05, 0) is 73.5 Å². The zero-order valence-corrected chi connectivity index (χ0v) is 24.3. The number of carbonyl (C=O) groups excluding carboxylic acids is 2. The summed E-state index contributed by atoms with van der Waals surface area (Å²) in [5.74, 6) is 1.95. The quantitative estimate of drug-likeness (QED) is 0.240. The maximum Gasteiger partial charge on any atom is 0.302 e. The van der Waals surface area contributed by atoms with Gasteiger partial charge in [0.25, 0.3) is 0 Å². The van der Waals surface area contributed by atoms with Gasteiger partial charge in [0.2, 0.25) is 0 Å². The van der Waals surface area contributed by atoms with E-state index in [9.17, 15) is 9.59 Å². The number of fused-ring (bicyclic) bond motifs is 5. The molecule has 0 heterocycles. The summed E-state index contributed by atoms with van der Waals surface area (Å²) in [6, 6.07) is 0. The molecule has 4 rings (SSSR count). The van der Waals surface area contributed by atoms with Gasteiger partial charge in [0.1, 0.15) is 6.10 Å². The first kappa shape index (κ1) is 24.2. The highest BCUT2D eigenvalue weighted by molar-refractivity contribution is 9.12. The lowest BCUT2D eigenvalue weighted by Crippen LogP contribution is -2.65. The molecule has 0 amide bonds. The smallest absolute Gasteiger partial charge is 0.302 e. The first-order valence-electron chi connectivity index (χ1n) is 11.2. The zero-order valence-electron chi connectivity index (χ0n) is 18.0. The van der Waals surface area contributed by atoms with Crippen LogP contribution in [0, 0.1) is 28.6 Å². The highest BCUT2D eigenvalue weighted by atomic mass is 79.9. The van der Waals surface area contributed by atoms with Crippen LogP contribution in [-0.2, 0) is 14.3 Å². The monoisotopic (exact) mass is 672 g/mol. The molecule has 0 spiro atoms. The summed E-state index contributed by atoms with van der Waals surface area (Å²) in [7, 11) is 0. The predicted molar refractivity (Wildman–Crippen MR) is 134 cm³/mol. The Hall–Kier alpha value is 1.06. The summed E-state index contributed by atoms with van der Waals surface area (Å²) in [6.07, 6.45) is 8.34. The Morgan fingerprint density at radius 1 is 1.00 bits per heavy atom. The molecule has 4 aliphatic rings. The van der Waals surface area contributed by atoms with Gasteiger partial charge < -0.3 is 4.74 Å². The van der Waals surface area contributed by atoms with Crippen LogP contribution in [0.1, 0.15) is 72.1 Å². The van der Waals surface area contributed by atoms with Gasteiger partial charge in [-0.3, -0.25) is 9.59 Å². The van der Waals surface area contributed by atoms with Gasteiger partial charge in [-0.1, -0.05) is 77.6 Å². The van der Waals surface area contributed by atoms with Crippen molar-refractivity contribution in [2.45, 2.75) is 91.7 Å². The third kappa shape index (κ3) is 3.24. The van der Waals surface area contributed by atoms with Crippen molar-refractivity contribution in [3.63, 3.8) is 0 Å². The topological polar surface area (TPSA) is 43.4 Å². The summed E-state index contributed by atoms with van der Waals surface area (Å²) >= 11 is 15.7. The molecule has 9 atom stereocenters. The van der Waals surface area contributed by atoms with Crippen LogP contribution in [0.15, 0.2) is 0 Å². The number of ketones is 1. The summed E-state index contributed by atoms with van der Waals surface area (Å²) in [5, 5.41) is 0.426. The second-order valence-corrected chi connectivity index (χ2v) is 15.1. The first-order chi connectivity index (χ1) is 13.9. The van der Waals surface area contributed by atoms with Crippen molar-refractivity contribution in [2.24, 2.45) is 28.6 Å². The van der Waals surface area contributed by atoms with Crippen molar-refractivity contribution in [3.8, 4) is 0 Å². The standard InChI is InChI=1S/C23H32Br4O3/c1-13(28)30-14-4-7-21(3)16-5-8-20(2)17(6-9-22(20,26)19(29)12-24)15(16)10-18(25)23(21,27)11-14/h14-18H,4-12H2,1-3H3. The number of hydrogen-bond acceptors (Lipinski definition) is 3. The molecule has 3 nitrogen and oxygen atoms in total. The van der Waals surface area contributed by atoms with E-state index in [1.807, 2.05) is 0 Å². The van der Waals surface area contributed by atoms with E-state index in [2.05, 4.69) is 77.6 Å². The zero-order chi connectivity index (χ0) is 22.1. The Labute approximate surface area is 214 Å². The van der Waals surface area contributed by atoms with Crippen molar-refractivity contribution in [2.75, 3.05) is 5.33 Å². The molecule has 4 saturated carbocycles. The molecule has 0 aromatic carbocycles. The Kier molecular flexibility index (Phi) is 6.51. The van der Waals surface area contributed by atoms with Crippen LogP contribution in [0.4, 0.5) is 0 Å². The van der Waals surface area contributed by atoms with Gasteiger partial charge in [0, 0.05) is 22.5 Å². The first-order valence-corrected chi connectivity index (χ1v) is 14.8. The molecule has 0 aromatic rings. The summed E-state index contributed by atoms with van der Waals surface area (Å²) < 4.78 is 5.19. The van der Waals surface area contributed by atoms with Crippen LogP contribution >= 0.6 is 63.7 Å². The van der Waals surface area contributed by atoms with Crippen LogP contribution in [0.2, 0.25) is 0 Å². The normalized spacial score (nSPS) is 52.7. The van der Waals surface area contributed by atoms with E-state index in [1.54, 1.807) is 0 Å². The van der Waals surface area contributed by atoms with E-state index in [-0.39, 0.29) is 27.2 Å². The molecule has 0 radical (unpaired) electrons. The van der Waals surface area contributed by atoms with E-state index in [4.69, 9.17) is 4.74 Å². The lowest BCUT2D eigenvalue weighted by molar-refractivity contribution is -0.155. The van der Waals surface area contributed by atoms with Crippen molar-refractivity contribution >= 4 is 75.5 Å². The molecule has 7 heteroatoms. The molecule has 0 bridgehead atoms. The highest BCUT2D eigenvalue weighted by Gasteiger charge is 2.69. The minimum atomic E-state index is -0.391. The third-order valence-electron chi connectivity index (χ3n) is 9.68. The maximum absolute atomic E-state index is 12.9. The van der Waals surface area contributed by atoms with Crippen LogP contribution in [0.5, 0.6) is 0 Å². The van der Waals surface area contributed by atoms with Crippen molar-refractivity contribution < 1.29 is 14.3 Å². The largest absolute Gasteiger partial charge is 0.463 e. The maximum atomic E-state index is 12.9. The number of hydrogen-bond donors (Lipinski definition) is 0. The average molecular weight is 676 g/mol. The lowest BCUT2D eigenvalue weighted by atomic mass is 9.44. The van der Waals surface area contributed by atoms with E-state index in [0.717, 1.165) is 44.9 Å². The molecule has 0 aromatic heterocycles. The number of alkyl halides is 4. The van der Waals surface area contributed by atoms with Crippen molar-refractivity contribution in [1.82, 2.24) is 0 Å². The summed E-state index contributed by atoms with van der Waals surface area (Å²) in [4.78, 5) is 24.8. The van der Waals surface area contributed by atoms with E-state index in [0.29, 0.717) is 33.7 Å². The van der Waals surface area contributed by atoms with Gasteiger partial charge in [0.15, 0.2) is 5.78 Å². The minimum absolute atomic E-state index is 0.00127. The SMILES string of the molecule is CC(=O)OC1CCC2(C)C3CCC4(C)C(CCC4(Br)C(=O)CBr)C3CC(Br)C2(Br)C1. The molecule has 170 valence electrons. The van der Waals surface area contributed by atoms with Gasteiger partial charge in [0.05, 0.1) is 9.65 Å². The Balaban J connectivity index is 1.65.